The van der Waals surface area contributed by atoms with Gasteiger partial charge in [0.15, 0.2) is 0 Å². The van der Waals surface area contributed by atoms with Crippen LogP contribution in [0.4, 0.5) is 0 Å². The van der Waals surface area contributed by atoms with Gasteiger partial charge in [0.2, 0.25) is 0 Å². The second-order valence-corrected chi connectivity index (χ2v) is 7.17. The number of esters is 2. The molecule has 5 heteroatoms. The lowest BCUT2D eigenvalue weighted by Gasteiger charge is -2.08. The molecule has 0 aromatic heterocycles. The highest BCUT2D eigenvalue weighted by Crippen LogP contribution is 2.20. The SMILES string of the molecule is C=C(C)C(=O)Oc1ccc(OC(=O)c2ccc(OCCCCCCCC)cc2)cc1. The average molecular weight is 411 g/mol. The molecule has 30 heavy (non-hydrogen) atoms. The Bertz CT molecular complexity index is 822. The van der Waals surface area contributed by atoms with E-state index in [0.29, 0.717) is 29.2 Å². The smallest absolute Gasteiger partial charge is 0.343 e. The normalized spacial score (nSPS) is 10.3. The van der Waals surface area contributed by atoms with Crippen molar-refractivity contribution in [2.45, 2.75) is 52.4 Å². The van der Waals surface area contributed by atoms with Gasteiger partial charge in [-0.1, -0.05) is 45.6 Å². The Balaban J connectivity index is 1.77. The first-order valence-electron chi connectivity index (χ1n) is 10.4. The molecular weight excluding hydrogens is 380 g/mol. The van der Waals surface area contributed by atoms with Crippen LogP contribution in [0.3, 0.4) is 0 Å². The summed E-state index contributed by atoms with van der Waals surface area (Å²) >= 11 is 0. The molecule has 0 aliphatic rings. The number of carbonyl (C=O) groups is 2. The summed E-state index contributed by atoms with van der Waals surface area (Å²) in [4.78, 5) is 23.8. The topological polar surface area (TPSA) is 61.8 Å². The summed E-state index contributed by atoms with van der Waals surface area (Å²) in [5.74, 6) is 0.486. The molecule has 5 nitrogen and oxygen atoms in total. The molecule has 0 unspecified atom stereocenters. The lowest BCUT2D eigenvalue weighted by Crippen LogP contribution is -2.09. The summed E-state index contributed by atoms with van der Waals surface area (Å²) in [6.07, 6.45) is 7.29. The van der Waals surface area contributed by atoms with E-state index in [0.717, 1.165) is 12.2 Å². The predicted octanol–water partition coefficient (Wildman–Crippen LogP) is 6.13. The van der Waals surface area contributed by atoms with Gasteiger partial charge in [-0.05, 0) is 61.9 Å². The van der Waals surface area contributed by atoms with Crippen molar-refractivity contribution in [1.82, 2.24) is 0 Å². The molecule has 0 saturated carbocycles. The minimum Gasteiger partial charge on any atom is -0.494 e. The van der Waals surface area contributed by atoms with E-state index in [1.54, 1.807) is 55.5 Å². The molecule has 2 aromatic carbocycles. The second kappa shape index (κ2) is 12.5. The van der Waals surface area contributed by atoms with Crippen LogP contribution in [0.2, 0.25) is 0 Å². The van der Waals surface area contributed by atoms with Gasteiger partial charge in [-0.25, -0.2) is 9.59 Å². The molecular formula is C25H30O5. The van der Waals surface area contributed by atoms with Crippen molar-refractivity contribution in [2.24, 2.45) is 0 Å². The summed E-state index contributed by atoms with van der Waals surface area (Å²) in [7, 11) is 0. The zero-order valence-corrected chi connectivity index (χ0v) is 17.8. The first-order valence-corrected chi connectivity index (χ1v) is 10.4. The number of hydrogen-bond acceptors (Lipinski definition) is 5. The first kappa shape index (κ1) is 23.2. The maximum atomic E-state index is 12.3. The zero-order valence-electron chi connectivity index (χ0n) is 17.8. The Kier molecular flexibility index (Phi) is 9.65. The molecule has 0 atom stereocenters. The first-order chi connectivity index (χ1) is 14.5. The quantitative estimate of drug-likeness (QED) is 0.182. The second-order valence-electron chi connectivity index (χ2n) is 7.17. The Hall–Kier alpha value is -3.08. The highest BCUT2D eigenvalue weighted by Gasteiger charge is 2.10. The van der Waals surface area contributed by atoms with Crippen LogP contribution in [0.5, 0.6) is 17.2 Å². The number of ether oxygens (including phenoxy) is 3. The Morgan fingerprint density at radius 3 is 1.90 bits per heavy atom. The molecule has 0 saturated heterocycles. The number of unbranched alkanes of at least 4 members (excludes halogenated alkanes) is 5. The molecule has 0 spiro atoms. The van der Waals surface area contributed by atoms with Crippen molar-refractivity contribution >= 4 is 11.9 Å². The van der Waals surface area contributed by atoms with Crippen LogP contribution in [0.1, 0.15) is 62.7 Å². The van der Waals surface area contributed by atoms with Gasteiger partial charge in [0.05, 0.1) is 12.2 Å². The number of rotatable bonds is 12. The largest absolute Gasteiger partial charge is 0.494 e. The summed E-state index contributed by atoms with van der Waals surface area (Å²) < 4.78 is 16.2. The molecule has 160 valence electrons. The highest BCUT2D eigenvalue weighted by atomic mass is 16.5. The van der Waals surface area contributed by atoms with Gasteiger partial charge in [0.1, 0.15) is 17.2 Å². The lowest BCUT2D eigenvalue weighted by molar-refractivity contribution is -0.130. The summed E-state index contributed by atoms with van der Waals surface area (Å²) in [5.41, 5.74) is 0.740. The van der Waals surface area contributed by atoms with E-state index in [1.165, 1.54) is 32.1 Å². The third kappa shape index (κ3) is 8.11. The Morgan fingerprint density at radius 2 is 1.30 bits per heavy atom. The molecule has 0 fully saturated rings. The summed E-state index contributed by atoms with van der Waals surface area (Å²) in [6.45, 7) is 7.99. The van der Waals surface area contributed by atoms with E-state index in [2.05, 4.69) is 13.5 Å². The number of carbonyl (C=O) groups excluding carboxylic acids is 2. The molecule has 0 aliphatic carbocycles. The van der Waals surface area contributed by atoms with Crippen molar-refractivity contribution in [2.75, 3.05) is 6.61 Å². The van der Waals surface area contributed by atoms with E-state index in [-0.39, 0.29) is 0 Å². The predicted molar refractivity (Wildman–Crippen MR) is 117 cm³/mol. The third-order valence-electron chi connectivity index (χ3n) is 4.45. The molecule has 0 radical (unpaired) electrons. The van der Waals surface area contributed by atoms with Crippen molar-refractivity contribution < 1.29 is 23.8 Å². The third-order valence-corrected chi connectivity index (χ3v) is 4.45. The summed E-state index contributed by atoms with van der Waals surface area (Å²) in [5, 5.41) is 0. The Labute approximate surface area is 178 Å². The maximum absolute atomic E-state index is 12.3. The molecule has 0 amide bonds. The van der Waals surface area contributed by atoms with E-state index in [4.69, 9.17) is 14.2 Å². The van der Waals surface area contributed by atoms with Gasteiger partial charge >= 0.3 is 11.9 Å². The van der Waals surface area contributed by atoms with Crippen LogP contribution in [0.25, 0.3) is 0 Å². The van der Waals surface area contributed by atoms with E-state index in [9.17, 15) is 9.59 Å². The van der Waals surface area contributed by atoms with Gasteiger partial charge in [0, 0.05) is 5.57 Å². The zero-order chi connectivity index (χ0) is 21.8. The van der Waals surface area contributed by atoms with Crippen LogP contribution in [0.15, 0.2) is 60.7 Å². The fourth-order valence-electron chi connectivity index (χ4n) is 2.70. The highest BCUT2D eigenvalue weighted by molar-refractivity contribution is 5.91. The van der Waals surface area contributed by atoms with Crippen molar-refractivity contribution in [3.63, 3.8) is 0 Å². The average Bonchev–Trinajstić information content (AvgIpc) is 2.74. The Morgan fingerprint density at radius 1 is 0.767 bits per heavy atom. The monoisotopic (exact) mass is 410 g/mol. The summed E-state index contributed by atoms with van der Waals surface area (Å²) in [6, 6.07) is 13.2. The molecule has 0 bridgehead atoms. The van der Waals surface area contributed by atoms with E-state index < -0.39 is 11.9 Å². The molecule has 0 aliphatic heterocycles. The van der Waals surface area contributed by atoms with Crippen LogP contribution < -0.4 is 14.2 Å². The van der Waals surface area contributed by atoms with Crippen molar-refractivity contribution in [3.05, 3.63) is 66.2 Å². The standard InChI is InChI=1S/C25H30O5/c1-4-5-6-7-8-9-18-28-21-12-10-20(11-13-21)25(27)30-23-16-14-22(15-17-23)29-24(26)19(2)3/h10-17H,2,4-9,18H2,1,3H3. The van der Waals surface area contributed by atoms with E-state index in [1.807, 2.05) is 0 Å². The van der Waals surface area contributed by atoms with Crippen LogP contribution in [-0.2, 0) is 4.79 Å². The van der Waals surface area contributed by atoms with E-state index >= 15 is 0 Å². The molecule has 2 rings (SSSR count). The van der Waals surface area contributed by atoms with Gasteiger partial charge in [-0.2, -0.15) is 0 Å². The fourth-order valence-corrected chi connectivity index (χ4v) is 2.70. The number of hydrogen-bond donors (Lipinski definition) is 0. The van der Waals surface area contributed by atoms with Crippen molar-refractivity contribution in [1.29, 1.82) is 0 Å². The van der Waals surface area contributed by atoms with Gasteiger partial charge in [0.25, 0.3) is 0 Å². The molecule has 0 heterocycles. The number of benzene rings is 2. The lowest BCUT2D eigenvalue weighted by atomic mass is 10.1. The van der Waals surface area contributed by atoms with Gasteiger partial charge < -0.3 is 14.2 Å². The van der Waals surface area contributed by atoms with Crippen LogP contribution >= 0.6 is 0 Å². The molecule has 2 aromatic rings. The maximum Gasteiger partial charge on any atom is 0.343 e. The van der Waals surface area contributed by atoms with Gasteiger partial charge in [-0.15, -0.1) is 0 Å². The van der Waals surface area contributed by atoms with Crippen LogP contribution in [0, 0.1) is 0 Å². The van der Waals surface area contributed by atoms with Crippen LogP contribution in [-0.4, -0.2) is 18.5 Å². The minimum atomic E-state index is -0.501. The van der Waals surface area contributed by atoms with Crippen molar-refractivity contribution in [3.8, 4) is 17.2 Å². The van der Waals surface area contributed by atoms with Gasteiger partial charge in [-0.3, -0.25) is 0 Å². The minimum absolute atomic E-state index is 0.310. The molecule has 0 N–H and O–H groups in total. The fraction of sp³-hybridized carbons (Fsp3) is 0.360.